The van der Waals surface area contributed by atoms with Gasteiger partial charge in [-0.05, 0) is 42.3 Å². The lowest BCUT2D eigenvalue weighted by atomic mass is 10.1. The average molecular weight is 464 g/mol. The topological polar surface area (TPSA) is 67.6 Å². The van der Waals surface area contributed by atoms with E-state index in [-0.39, 0.29) is 23.2 Å². The van der Waals surface area contributed by atoms with Crippen LogP contribution in [0.2, 0.25) is 10.0 Å². The molecule has 8 heteroatoms. The largest absolute Gasteiger partial charge is 0.451 e. The first-order valence-corrected chi connectivity index (χ1v) is 12.0. The number of nitrogens with zero attached hydrogens (tertiary/aromatic N) is 1. The first-order chi connectivity index (χ1) is 14.3. The van der Waals surface area contributed by atoms with Gasteiger partial charge in [-0.15, -0.1) is 0 Å². The minimum atomic E-state index is -3.15. The highest BCUT2D eigenvalue weighted by Crippen LogP contribution is 2.32. The van der Waals surface area contributed by atoms with Crippen LogP contribution in [0.3, 0.4) is 0 Å². The fourth-order valence-corrected chi connectivity index (χ4v) is 5.71. The van der Waals surface area contributed by atoms with Gasteiger partial charge < -0.3 is 9.32 Å². The molecule has 0 N–H and O–H groups in total. The van der Waals surface area contributed by atoms with Crippen LogP contribution in [0.4, 0.5) is 0 Å². The summed E-state index contributed by atoms with van der Waals surface area (Å²) in [5, 5.41) is 0.955. The lowest BCUT2D eigenvalue weighted by Gasteiger charge is -2.27. The molecule has 1 saturated heterocycles. The molecular weight excluding hydrogens is 445 g/mol. The Morgan fingerprint density at radius 3 is 2.53 bits per heavy atom. The highest BCUT2D eigenvalue weighted by atomic mass is 35.5. The molecule has 5 nitrogen and oxygen atoms in total. The molecule has 2 heterocycles. The summed E-state index contributed by atoms with van der Waals surface area (Å²) in [7, 11) is -3.15. The molecule has 0 spiro atoms. The van der Waals surface area contributed by atoms with Crippen molar-refractivity contribution in [3.63, 3.8) is 0 Å². The zero-order valence-electron chi connectivity index (χ0n) is 15.9. The number of hydrogen-bond donors (Lipinski definition) is 0. The van der Waals surface area contributed by atoms with Crippen LogP contribution in [-0.4, -0.2) is 36.8 Å². The van der Waals surface area contributed by atoms with E-state index in [1.807, 2.05) is 30.3 Å². The van der Waals surface area contributed by atoms with Crippen molar-refractivity contribution in [3.8, 4) is 11.3 Å². The molecule has 0 aliphatic carbocycles. The SMILES string of the molecule is O=C(c1ccc(-c2cc(Cl)ccc2Cl)o1)N(Cc1ccccc1)[C@@H]1CCS(=O)(=O)C1. The van der Waals surface area contributed by atoms with E-state index in [0.717, 1.165) is 5.56 Å². The number of rotatable bonds is 5. The lowest BCUT2D eigenvalue weighted by molar-refractivity contribution is 0.0649. The van der Waals surface area contributed by atoms with Crippen LogP contribution < -0.4 is 0 Å². The third-order valence-corrected chi connectivity index (χ3v) is 7.43. The summed E-state index contributed by atoms with van der Waals surface area (Å²) in [6.45, 7) is 0.299. The maximum atomic E-state index is 13.3. The highest BCUT2D eigenvalue weighted by Gasteiger charge is 2.36. The van der Waals surface area contributed by atoms with E-state index in [2.05, 4.69) is 0 Å². The van der Waals surface area contributed by atoms with E-state index in [1.54, 1.807) is 35.2 Å². The first kappa shape index (κ1) is 21.0. The molecule has 0 radical (unpaired) electrons. The molecule has 2 aromatic carbocycles. The maximum Gasteiger partial charge on any atom is 0.290 e. The standard InChI is InChI=1S/C22H19Cl2NO4S/c23-16-6-7-19(24)18(12-16)20-8-9-21(29-20)22(26)25(13-15-4-2-1-3-5-15)17-10-11-30(27,28)14-17/h1-9,12,17H,10-11,13-14H2/t17-/m1/s1. The average Bonchev–Trinajstić information content (AvgIpc) is 3.35. The van der Waals surface area contributed by atoms with Crippen molar-refractivity contribution >= 4 is 38.9 Å². The Balaban J connectivity index is 1.65. The Morgan fingerprint density at radius 2 is 1.83 bits per heavy atom. The molecule has 1 fully saturated rings. The number of sulfone groups is 1. The van der Waals surface area contributed by atoms with Crippen molar-refractivity contribution < 1.29 is 17.6 Å². The summed E-state index contributed by atoms with van der Waals surface area (Å²) < 4.78 is 29.9. The van der Waals surface area contributed by atoms with Gasteiger partial charge in [-0.3, -0.25) is 4.79 Å². The summed E-state index contributed by atoms with van der Waals surface area (Å²) in [4.78, 5) is 14.9. The Kier molecular flexibility index (Phi) is 5.91. The minimum absolute atomic E-state index is 0.0424. The molecule has 1 aromatic heterocycles. The van der Waals surface area contributed by atoms with Crippen LogP contribution in [0.5, 0.6) is 0 Å². The van der Waals surface area contributed by atoms with Crippen LogP contribution >= 0.6 is 23.2 Å². The summed E-state index contributed by atoms with van der Waals surface area (Å²) >= 11 is 12.3. The molecule has 0 saturated carbocycles. The minimum Gasteiger partial charge on any atom is -0.451 e. The third-order valence-electron chi connectivity index (χ3n) is 5.12. The molecule has 0 unspecified atom stereocenters. The third kappa shape index (κ3) is 4.56. The molecule has 1 amide bonds. The number of hydrogen-bond acceptors (Lipinski definition) is 4. The smallest absolute Gasteiger partial charge is 0.290 e. The normalized spacial score (nSPS) is 17.7. The van der Waals surface area contributed by atoms with Crippen molar-refractivity contribution in [3.05, 3.63) is 82.0 Å². The second-order valence-electron chi connectivity index (χ2n) is 7.26. The van der Waals surface area contributed by atoms with Crippen LogP contribution in [0.25, 0.3) is 11.3 Å². The number of benzene rings is 2. The highest BCUT2D eigenvalue weighted by molar-refractivity contribution is 7.91. The van der Waals surface area contributed by atoms with Gasteiger partial charge in [0, 0.05) is 23.2 Å². The van der Waals surface area contributed by atoms with Gasteiger partial charge in [-0.2, -0.15) is 0 Å². The van der Waals surface area contributed by atoms with Gasteiger partial charge in [-0.1, -0.05) is 53.5 Å². The summed E-state index contributed by atoms with van der Waals surface area (Å²) in [5.41, 5.74) is 1.50. The van der Waals surface area contributed by atoms with Gasteiger partial charge in [0.25, 0.3) is 5.91 Å². The zero-order valence-corrected chi connectivity index (χ0v) is 18.3. The number of amides is 1. The van der Waals surface area contributed by atoms with Crippen molar-refractivity contribution in [1.82, 2.24) is 4.90 Å². The number of carbonyl (C=O) groups excluding carboxylic acids is 1. The van der Waals surface area contributed by atoms with Gasteiger partial charge in [-0.25, -0.2) is 8.42 Å². The van der Waals surface area contributed by atoms with Gasteiger partial charge in [0.05, 0.1) is 16.5 Å². The van der Waals surface area contributed by atoms with Crippen LogP contribution in [0.15, 0.2) is 65.1 Å². The van der Waals surface area contributed by atoms with Crippen molar-refractivity contribution in [1.29, 1.82) is 0 Å². The van der Waals surface area contributed by atoms with Gasteiger partial charge >= 0.3 is 0 Å². The van der Waals surface area contributed by atoms with Gasteiger partial charge in [0.2, 0.25) is 0 Å². The molecule has 156 valence electrons. The molecular formula is C22H19Cl2NO4S. The van der Waals surface area contributed by atoms with Crippen molar-refractivity contribution in [2.75, 3.05) is 11.5 Å². The maximum absolute atomic E-state index is 13.3. The van der Waals surface area contributed by atoms with Crippen LogP contribution in [0.1, 0.15) is 22.5 Å². The predicted octanol–water partition coefficient (Wildman–Crippen LogP) is 5.08. The Bertz CT molecular complexity index is 1170. The van der Waals surface area contributed by atoms with E-state index in [0.29, 0.717) is 34.3 Å². The Morgan fingerprint density at radius 1 is 1.07 bits per heavy atom. The molecule has 1 aliphatic rings. The quantitative estimate of drug-likeness (QED) is 0.528. The van der Waals surface area contributed by atoms with Crippen LogP contribution in [-0.2, 0) is 16.4 Å². The summed E-state index contributed by atoms with van der Waals surface area (Å²) in [5.74, 6) is 0.230. The monoisotopic (exact) mass is 463 g/mol. The molecule has 1 aliphatic heterocycles. The second kappa shape index (κ2) is 8.46. The zero-order chi connectivity index (χ0) is 21.3. The van der Waals surface area contributed by atoms with E-state index in [9.17, 15) is 13.2 Å². The second-order valence-corrected chi connectivity index (χ2v) is 10.3. The Hall–Kier alpha value is -2.28. The molecule has 1 atom stereocenters. The van der Waals surface area contributed by atoms with Gasteiger partial charge in [0.1, 0.15) is 5.76 Å². The molecule has 30 heavy (non-hydrogen) atoms. The predicted molar refractivity (Wildman–Crippen MR) is 118 cm³/mol. The molecule has 0 bridgehead atoms. The number of halogens is 2. The number of furan rings is 1. The van der Waals surface area contributed by atoms with Crippen molar-refractivity contribution in [2.24, 2.45) is 0 Å². The summed E-state index contributed by atoms with van der Waals surface area (Å²) in [6.07, 6.45) is 0.411. The van der Waals surface area contributed by atoms with Crippen molar-refractivity contribution in [2.45, 2.75) is 19.0 Å². The number of carbonyl (C=O) groups is 1. The van der Waals surface area contributed by atoms with Gasteiger partial charge in [0.15, 0.2) is 15.6 Å². The van der Waals surface area contributed by atoms with E-state index < -0.39 is 15.9 Å². The lowest BCUT2D eigenvalue weighted by Crippen LogP contribution is -2.40. The fraction of sp³-hybridized carbons (Fsp3) is 0.227. The Labute approximate surface area is 185 Å². The van der Waals surface area contributed by atoms with E-state index in [1.165, 1.54) is 0 Å². The molecule has 3 aromatic rings. The molecule has 4 rings (SSSR count). The summed E-state index contributed by atoms with van der Waals surface area (Å²) in [6, 6.07) is 17.3. The van der Waals surface area contributed by atoms with Crippen LogP contribution in [0, 0.1) is 0 Å². The first-order valence-electron chi connectivity index (χ1n) is 9.43. The fourth-order valence-electron chi connectivity index (χ4n) is 3.59. The van der Waals surface area contributed by atoms with E-state index >= 15 is 0 Å². The van der Waals surface area contributed by atoms with E-state index in [4.69, 9.17) is 27.6 Å².